The topological polar surface area (TPSA) is 52.6 Å². The minimum Gasteiger partial charge on any atom is -0.396 e. The van der Waals surface area contributed by atoms with Crippen molar-refractivity contribution in [1.29, 1.82) is 0 Å². The molecule has 0 bridgehead atoms. The normalized spacial score (nSPS) is 24.6. The van der Waals surface area contributed by atoms with E-state index in [1.165, 1.54) is 0 Å². The Balaban J connectivity index is 2.48. The van der Waals surface area contributed by atoms with Gasteiger partial charge in [0.25, 0.3) is 0 Å². The molecule has 1 saturated heterocycles. The molecule has 0 spiro atoms. The van der Waals surface area contributed by atoms with Crippen molar-refractivity contribution in [3.63, 3.8) is 0 Å². The lowest BCUT2D eigenvalue weighted by atomic mass is 9.90. The summed E-state index contributed by atoms with van der Waals surface area (Å²) >= 11 is 0. The van der Waals surface area contributed by atoms with Gasteiger partial charge in [0.15, 0.2) is 0 Å². The molecule has 1 aliphatic heterocycles. The Hall–Kier alpha value is -0.610. The average molecular weight is 256 g/mol. The van der Waals surface area contributed by atoms with Crippen LogP contribution in [-0.2, 0) is 4.79 Å². The van der Waals surface area contributed by atoms with Gasteiger partial charge in [-0.05, 0) is 37.6 Å². The fourth-order valence-electron chi connectivity index (χ4n) is 2.60. The maximum atomic E-state index is 11.6. The van der Waals surface area contributed by atoms with Crippen LogP contribution in [-0.4, -0.2) is 48.2 Å². The molecule has 0 saturated carbocycles. The molecule has 1 fully saturated rings. The predicted molar refractivity (Wildman–Crippen MR) is 73.3 cm³/mol. The quantitative estimate of drug-likeness (QED) is 0.752. The maximum absolute atomic E-state index is 11.6. The Morgan fingerprint density at radius 2 is 2.17 bits per heavy atom. The maximum Gasteiger partial charge on any atom is 0.219 e. The summed E-state index contributed by atoms with van der Waals surface area (Å²) in [5.74, 6) is 1.33. The first-order valence-electron chi connectivity index (χ1n) is 7.12. The van der Waals surface area contributed by atoms with Crippen molar-refractivity contribution in [2.45, 2.75) is 46.1 Å². The van der Waals surface area contributed by atoms with E-state index in [1.54, 1.807) is 6.92 Å². The molecule has 1 aliphatic rings. The first-order chi connectivity index (χ1) is 8.52. The third-order valence-corrected chi connectivity index (χ3v) is 3.57. The molecular weight excluding hydrogens is 228 g/mol. The summed E-state index contributed by atoms with van der Waals surface area (Å²) in [4.78, 5) is 13.5. The second-order valence-electron chi connectivity index (χ2n) is 5.89. The van der Waals surface area contributed by atoms with E-state index in [4.69, 9.17) is 5.11 Å². The van der Waals surface area contributed by atoms with E-state index in [1.807, 2.05) is 4.90 Å². The molecule has 2 unspecified atom stereocenters. The number of carbonyl (C=O) groups is 1. The summed E-state index contributed by atoms with van der Waals surface area (Å²) in [6.45, 7) is 8.98. The van der Waals surface area contributed by atoms with Crippen molar-refractivity contribution < 1.29 is 9.90 Å². The first-order valence-corrected chi connectivity index (χ1v) is 7.12. The zero-order chi connectivity index (χ0) is 13.5. The van der Waals surface area contributed by atoms with Gasteiger partial charge in [0.1, 0.15) is 0 Å². The van der Waals surface area contributed by atoms with Crippen LogP contribution in [0.25, 0.3) is 0 Å². The highest BCUT2D eigenvalue weighted by atomic mass is 16.2. The molecule has 1 rings (SSSR count). The fraction of sp³-hybridized carbons (Fsp3) is 0.929. The Labute approximate surface area is 111 Å². The number of carbonyl (C=O) groups excluding carboxylic acids is 1. The molecule has 0 aromatic rings. The lowest BCUT2D eigenvalue weighted by Gasteiger charge is -2.38. The molecular formula is C14H28N2O2. The lowest BCUT2D eigenvalue weighted by molar-refractivity contribution is -0.131. The first kappa shape index (κ1) is 15.4. The minimum atomic E-state index is 0.167. The molecule has 0 aliphatic carbocycles. The number of hydrogen-bond donors (Lipinski definition) is 2. The van der Waals surface area contributed by atoms with E-state index in [-0.39, 0.29) is 12.5 Å². The van der Waals surface area contributed by atoms with Gasteiger partial charge >= 0.3 is 0 Å². The van der Waals surface area contributed by atoms with Crippen LogP contribution in [0.3, 0.4) is 0 Å². The fourth-order valence-corrected chi connectivity index (χ4v) is 2.60. The van der Waals surface area contributed by atoms with Crippen molar-refractivity contribution >= 4 is 5.91 Å². The summed E-state index contributed by atoms with van der Waals surface area (Å²) in [6, 6.07) is 0.411. The highest BCUT2D eigenvalue weighted by Gasteiger charge is 2.27. The highest BCUT2D eigenvalue weighted by Crippen LogP contribution is 2.21. The van der Waals surface area contributed by atoms with Crippen LogP contribution in [0.2, 0.25) is 0 Å². The average Bonchev–Trinajstić information content (AvgIpc) is 2.33. The predicted octanol–water partition coefficient (Wildman–Crippen LogP) is 1.24. The van der Waals surface area contributed by atoms with Crippen molar-refractivity contribution in [2.24, 2.45) is 11.8 Å². The standard InChI is InChI=1S/C14H28N2O2/c1-11(2)8-15-14-7-13(5-4-6-17)9-16(10-14)12(3)18/h11,13-15,17H,4-10H2,1-3H3. The molecule has 1 heterocycles. The van der Waals surface area contributed by atoms with Crippen LogP contribution in [0.1, 0.15) is 40.0 Å². The Kier molecular flexibility index (Phi) is 6.65. The number of rotatable bonds is 6. The van der Waals surface area contributed by atoms with Crippen LogP contribution in [0.15, 0.2) is 0 Å². The SMILES string of the molecule is CC(=O)N1CC(CCCO)CC(NCC(C)C)C1. The number of nitrogens with one attached hydrogen (secondary N) is 1. The van der Waals surface area contributed by atoms with Crippen LogP contribution < -0.4 is 5.32 Å². The largest absolute Gasteiger partial charge is 0.396 e. The molecule has 0 aromatic heterocycles. The van der Waals surface area contributed by atoms with E-state index < -0.39 is 0 Å². The Morgan fingerprint density at radius 3 is 2.72 bits per heavy atom. The van der Waals surface area contributed by atoms with Crippen LogP contribution in [0.5, 0.6) is 0 Å². The molecule has 0 radical (unpaired) electrons. The molecule has 2 N–H and O–H groups in total. The number of nitrogens with zero attached hydrogens (tertiary/aromatic N) is 1. The Morgan fingerprint density at radius 1 is 1.44 bits per heavy atom. The van der Waals surface area contributed by atoms with Crippen molar-refractivity contribution in [3.8, 4) is 0 Å². The zero-order valence-electron chi connectivity index (χ0n) is 12.0. The van der Waals surface area contributed by atoms with Gasteiger partial charge in [0, 0.05) is 32.7 Å². The summed E-state index contributed by atoms with van der Waals surface area (Å²) in [5, 5.41) is 12.5. The van der Waals surface area contributed by atoms with Gasteiger partial charge in [-0.25, -0.2) is 0 Å². The summed E-state index contributed by atoms with van der Waals surface area (Å²) < 4.78 is 0. The molecule has 4 nitrogen and oxygen atoms in total. The van der Waals surface area contributed by atoms with Gasteiger partial charge in [-0.2, -0.15) is 0 Å². The van der Waals surface area contributed by atoms with Gasteiger partial charge < -0.3 is 15.3 Å². The van der Waals surface area contributed by atoms with Crippen LogP contribution in [0, 0.1) is 11.8 Å². The lowest BCUT2D eigenvalue weighted by Crippen LogP contribution is -2.51. The van der Waals surface area contributed by atoms with Crippen LogP contribution >= 0.6 is 0 Å². The van der Waals surface area contributed by atoms with Gasteiger partial charge in [-0.15, -0.1) is 0 Å². The van der Waals surface area contributed by atoms with Crippen molar-refractivity contribution in [1.82, 2.24) is 10.2 Å². The molecule has 2 atom stereocenters. The van der Waals surface area contributed by atoms with Gasteiger partial charge in [-0.3, -0.25) is 4.79 Å². The van der Waals surface area contributed by atoms with Crippen LogP contribution in [0.4, 0.5) is 0 Å². The van der Waals surface area contributed by atoms with E-state index in [0.717, 1.165) is 38.9 Å². The zero-order valence-corrected chi connectivity index (χ0v) is 12.0. The highest BCUT2D eigenvalue weighted by molar-refractivity contribution is 5.73. The van der Waals surface area contributed by atoms with Gasteiger partial charge in [-0.1, -0.05) is 13.8 Å². The monoisotopic (exact) mass is 256 g/mol. The second-order valence-corrected chi connectivity index (χ2v) is 5.89. The number of aliphatic hydroxyl groups is 1. The second kappa shape index (κ2) is 7.74. The number of hydrogen-bond acceptors (Lipinski definition) is 3. The number of likely N-dealkylation sites (tertiary alicyclic amines) is 1. The molecule has 1 amide bonds. The number of piperidine rings is 1. The van der Waals surface area contributed by atoms with E-state index >= 15 is 0 Å². The van der Waals surface area contributed by atoms with E-state index in [9.17, 15) is 4.79 Å². The molecule has 106 valence electrons. The van der Waals surface area contributed by atoms with E-state index in [0.29, 0.717) is 17.9 Å². The molecule has 0 aromatic carbocycles. The third-order valence-electron chi connectivity index (χ3n) is 3.57. The third kappa shape index (κ3) is 5.36. The molecule has 4 heteroatoms. The van der Waals surface area contributed by atoms with E-state index in [2.05, 4.69) is 19.2 Å². The number of amides is 1. The summed E-state index contributed by atoms with van der Waals surface area (Å²) in [5.41, 5.74) is 0. The minimum absolute atomic E-state index is 0.167. The Bertz CT molecular complexity index is 256. The molecule has 18 heavy (non-hydrogen) atoms. The number of aliphatic hydroxyl groups excluding tert-OH is 1. The summed E-state index contributed by atoms with van der Waals surface area (Å²) in [7, 11) is 0. The van der Waals surface area contributed by atoms with Crippen molar-refractivity contribution in [3.05, 3.63) is 0 Å². The summed E-state index contributed by atoms with van der Waals surface area (Å²) in [6.07, 6.45) is 2.98. The van der Waals surface area contributed by atoms with Gasteiger partial charge in [0.2, 0.25) is 5.91 Å². The van der Waals surface area contributed by atoms with Crippen molar-refractivity contribution in [2.75, 3.05) is 26.2 Å². The van der Waals surface area contributed by atoms with Gasteiger partial charge in [0.05, 0.1) is 0 Å². The smallest absolute Gasteiger partial charge is 0.219 e.